The minimum Gasteiger partial charge on any atom is -0.480 e. The number of carboxylic acid groups (broad SMARTS) is 1. The Morgan fingerprint density at radius 3 is 2.44 bits per heavy atom. The van der Waals surface area contributed by atoms with Crippen molar-refractivity contribution in [1.82, 2.24) is 10.6 Å². The Hall–Kier alpha value is -1.26. The van der Waals surface area contributed by atoms with Crippen LogP contribution in [-0.4, -0.2) is 28.7 Å². The number of rotatable bonds is 5. The van der Waals surface area contributed by atoms with Gasteiger partial charge in [-0.2, -0.15) is 0 Å². The van der Waals surface area contributed by atoms with E-state index in [0.717, 1.165) is 12.3 Å². The van der Waals surface area contributed by atoms with Gasteiger partial charge in [0.05, 0.1) is 0 Å². The minimum atomic E-state index is -1.23. The van der Waals surface area contributed by atoms with Crippen LogP contribution >= 0.6 is 0 Å². The predicted octanol–water partition coefficient (Wildman–Crippen LogP) is 1.34. The summed E-state index contributed by atoms with van der Waals surface area (Å²) >= 11 is 0. The maximum atomic E-state index is 11.5. The highest BCUT2D eigenvalue weighted by atomic mass is 16.4. The molecule has 5 heteroatoms. The van der Waals surface area contributed by atoms with Crippen molar-refractivity contribution in [3.05, 3.63) is 0 Å². The van der Waals surface area contributed by atoms with Gasteiger partial charge in [0.25, 0.3) is 0 Å². The number of carbonyl (C=O) groups is 2. The summed E-state index contributed by atoms with van der Waals surface area (Å²) in [5.41, 5.74) is -1.23. The molecule has 1 fully saturated rings. The number of aliphatic carboxylic acids is 1. The molecular formula is C11H20N2O3. The average Bonchev–Trinajstić information content (AvgIpc) is 2.85. The standard InChI is InChI=1S/C11H20N2O3/c1-7(6-8-4-5-8)12-10(16)13-11(2,3)9(14)15/h7-8H,4-6H2,1-3H3,(H,14,15)(H2,12,13,16). The lowest BCUT2D eigenvalue weighted by atomic mass is 10.1. The highest BCUT2D eigenvalue weighted by molar-refractivity contribution is 5.85. The van der Waals surface area contributed by atoms with Crippen LogP contribution in [0.25, 0.3) is 0 Å². The zero-order chi connectivity index (χ0) is 12.3. The van der Waals surface area contributed by atoms with Gasteiger partial charge >= 0.3 is 12.0 Å². The van der Waals surface area contributed by atoms with Gasteiger partial charge in [-0.15, -0.1) is 0 Å². The summed E-state index contributed by atoms with van der Waals surface area (Å²) in [6, 6.07) is -0.322. The number of nitrogens with one attached hydrogen (secondary N) is 2. The fraction of sp³-hybridized carbons (Fsp3) is 0.818. The van der Waals surface area contributed by atoms with Crippen molar-refractivity contribution in [1.29, 1.82) is 0 Å². The summed E-state index contributed by atoms with van der Waals surface area (Å²) < 4.78 is 0. The molecule has 0 spiro atoms. The van der Waals surface area contributed by atoms with Crippen molar-refractivity contribution in [2.45, 2.75) is 51.6 Å². The van der Waals surface area contributed by atoms with Crippen LogP contribution in [0.1, 0.15) is 40.0 Å². The smallest absolute Gasteiger partial charge is 0.328 e. The Balaban J connectivity index is 2.31. The number of urea groups is 1. The summed E-state index contributed by atoms with van der Waals surface area (Å²) in [6.07, 6.45) is 3.46. The molecule has 5 nitrogen and oxygen atoms in total. The first-order chi connectivity index (χ1) is 7.31. The highest BCUT2D eigenvalue weighted by Gasteiger charge is 2.30. The molecule has 3 N–H and O–H groups in total. The van der Waals surface area contributed by atoms with Crippen LogP contribution in [0.5, 0.6) is 0 Å². The molecule has 0 aliphatic heterocycles. The van der Waals surface area contributed by atoms with E-state index in [1.54, 1.807) is 0 Å². The monoisotopic (exact) mass is 228 g/mol. The van der Waals surface area contributed by atoms with Crippen LogP contribution in [-0.2, 0) is 4.79 Å². The minimum absolute atomic E-state index is 0.0945. The molecule has 0 aromatic rings. The fourth-order valence-corrected chi connectivity index (χ4v) is 1.51. The molecule has 16 heavy (non-hydrogen) atoms. The maximum absolute atomic E-state index is 11.5. The predicted molar refractivity (Wildman–Crippen MR) is 60.2 cm³/mol. The van der Waals surface area contributed by atoms with Crippen LogP contribution in [0.4, 0.5) is 4.79 Å². The lowest BCUT2D eigenvalue weighted by Gasteiger charge is -2.23. The Morgan fingerprint density at radius 2 is 2.00 bits per heavy atom. The molecule has 1 rings (SSSR count). The van der Waals surface area contributed by atoms with Gasteiger partial charge in [-0.05, 0) is 33.1 Å². The van der Waals surface area contributed by atoms with E-state index in [1.807, 2.05) is 6.92 Å². The van der Waals surface area contributed by atoms with Gasteiger partial charge in [-0.3, -0.25) is 0 Å². The van der Waals surface area contributed by atoms with Gasteiger partial charge in [0, 0.05) is 6.04 Å². The van der Waals surface area contributed by atoms with E-state index in [1.165, 1.54) is 26.7 Å². The van der Waals surface area contributed by atoms with Gasteiger partial charge in [-0.1, -0.05) is 12.8 Å². The zero-order valence-electron chi connectivity index (χ0n) is 10.0. The quantitative estimate of drug-likeness (QED) is 0.664. The van der Waals surface area contributed by atoms with Gasteiger partial charge in [0.15, 0.2) is 0 Å². The van der Waals surface area contributed by atoms with Gasteiger partial charge in [0.2, 0.25) is 0 Å². The first kappa shape index (κ1) is 12.8. The summed E-state index contributed by atoms with van der Waals surface area (Å²) in [4.78, 5) is 22.3. The number of hydrogen-bond donors (Lipinski definition) is 3. The molecule has 0 aromatic heterocycles. The SMILES string of the molecule is CC(CC1CC1)NC(=O)NC(C)(C)C(=O)O. The molecule has 1 unspecified atom stereocenters. The summed E-state index contributed by atoms with van der Waals surface area (Å²) in [5.74, 6) is -0.305. The Bertz CT molecular complexity index is 285. The summed E-state index contributed by atoms with van der Waals surface area (Å²) in [7, 11) is 0. The largest absolute Gasteiger partial charge is 0.480 e. The second kappa shape index (κ2) is 4.72. The van der Waals surface area contributed by atoms with Crippen LogP contribution in [0.15, 0.2) is 0 Å². The van der Waals surface area contributed by atoms with Crippen LogP contribution in [0.2, 0.25) is 0 Å². The maximum Gasteiger partial charge on any atom is 0.328 e. The summed E-state index contributed by atoms with van der Waals surface area (Å²) in [5, 5.41) is 14.0. The van der Waals surface area contributed by atoms with E-state index in [2.05, 4.69) is 10.6 Å². The number of carboxylic acids is 1. The van der Waals surface area contributed by atoms with E-state index in [0.29, 0.717) is 0 Å². The number of hydrogen-bond acceptors (Lipinski definition) is 2. The fourth-order valence-electron chi connectivity index (χ4n) is 1.51. The van der Waals surface area contributed by atoms with Crippen molar-refractivity contribution in [3.8, 4) is 0 Å². The third kappa shape index (κ3) is 4.08. The highest BCUT2D eigenvalue weighted by Crippen LogP contribution is 2.33. The zero-order valence-corrected chi connectivity index (χ0v) is 10.0. The third-order valence-corrected chi connectivity index (χ3v) is 2.72. The molecule has 0 bridgehead atoms. The molecule has 1 aliphatic carbocycles. The molecule has 0 radical (unpaired) electrons. The lowest BCUT2D eigenvalue weighted by Crippen LogP contribution is -2.54. The topological polar surface area (TPSA) is 78.4 Å². The molecule has 1 atom stereocenters. The van der Waals surface area contributed by atoms with Crippen molar-refractivity contribution in [2.75, 3.05) is 0 Å². The van der Waals surface area contributed by atoms with Crippen molar-refractivity contribution in [3.63, 3.8) is 0 Å². The van der Waals surface area contributed by atoms with Crippen LogP contribution < -0.4 is 10.6 Å². The summed E-state index contributed by atoms with van der Waals surface area (Å²) in [6.45, 7) is 4.85. The average molecular weight is 228 g/mol. The third-order valence-electron chi connectivity index (χ3n) is 2.72. The molecular weight excluding hydrogens is 208 g/mol. The van der Waals surface area contributed by atoms with E-state index in [4.69, 9.17) is 5.11 Å². The van der Waals surface area contributed by atoms with Crippen molar-refractivity contribution >= 4 is 12.0 Å². The second-order valence-corrected chi connectivity index (χ2v) is 5.11. The van der Waals surface area contributed by atoms with Gasteiger partial charge in [-0.25, -0.2) is 9.59 Å². The molecule has 92 valence electrons. The first-order valence-electron chi connectivity index (χ1n) is 5.63. The Morgan fingerprint density at radius 1 is 1.44 bits per heavy atom. The Kier molecular flexibility index (Phi) is 3.78. The molecule has 0 aromatic carbocycles. The normalized spacial score (nSPS) is 17.7. The molecule has 0 saturated heterocycles. The van der Waals surface area contributed by atoms with Crippen molar-refractivity contribution < 1.29 is 14.7 Å². The van der Waals surface area contributed by atoms with E-state index < -0.39 is 17.5 Å². The number of amides is 2. The molecule has 0 heterocycles. The lowest BCUT2D eigenvalue weighted by molar-refractivity contribution is -0.142. The van der Waals surface area contributed by atoms with Crippen molar-refractivity contribution in [2.24, 2.45) is 5.92 Å². The van der Waals surface area contributed by atoms with Gasteiger partial charge in [0.1, 0.15) is 5.54 Å². The van der Waals surface area contributed by atoms with Crippen LogP contribution in [0.3, 0.4) is 0 Å². The Labute approximate surface area is 95.6 Å². The molecule has 1 saturated carbocycles. The molecule has 2 amide bonds. The van der Waals surface area contributed by atoms with Crippen LogP contribution in [0, 0.1) is 5.92 Å². The van der Waals surface area contributed by atoms with E-state index in [-0.39, 0.29) is 6.04 Å². The number of carbonyl (C=O) groups excluding carboxylic acids is 1. The molecule has 1 aliphatic rings. The van der Waals surface area contributed by atoms with E-state index in [9.17, 15) is 9.59 Å². The first-order valence-corrected chi connectivity index (χ1v) is 5.63. The van der Waals surface area contributed by atoms with E-state index >= 15 is 0 Å². The second-order valence-electron chi connectivity index (χ2n) is 5.11. The van der Waals surface area contributed by atoms with Gasteiger partial charge < -0.3 is 15.7 Å².